The molecule has 1 aromatic carbocycles. The summed E-state index contributed by atoms with van der Waals surface area (Å²) in [7, 11) is 1.59. The SMILES string of the molecule is CC(C(=O)O)N(C)c1ccc(C(=O)O)cc1N. The van der Waals surface area contributed by atoms with E-state index in [0.717, 1.165) is 0 Å². The molecule has 17 heavy (non-hydrogen) atoms. The largest absolute Gasteiger partial charge is 0.480 e. The van der Waals surface area contributed by atoms with Crippen LogP contribution in [0, 0.1) is 0 Å². The van der Waals surface area contributed by atoms with Crippen molar-refractivity contribution in [3.05, 3.63) is 23.8 Å². The van der Waals surface area contributed by atoms with Crippen LogP contribution in [0.25, 0.3) is 0 Å². The number of nitrogen functional groups attached to an aromatic ring is 1. The molecule has 0 saturated carbocycles. The second-order valence-corrected chi connectivity index (χ2v) is 3.70. The molecule has 0 aliphatic heterocycles. The number of aromatic carboxylic acids is 1. The van der Waals surface area contributed by atoms with E-state index in [-0.39, 0.29) is 11.3 Å². The van der Waals surface area contributed by atoms with Gasteiger partial charge < -0.3 is 20.8 Å². The van der Waals surface area contributed by atoms with E-state index in [9.17, 15) is 9.59 Å². The molecule has 4 N–H and O–H groups in total. The van der Waals surface area contributed by atoms with Gasteiger partial charge in [0.1, 0.15) is 6.04 Å². The minimum Gasteiger partial charge on any atom is -0.480 e. The highest BCUT2D eigenvalue weighted by Gasteiger charge is 2.19. The Hall–Kier alpha value is -2.24. The smallest absolute Gasteiger partial charge is 0.335 e. The van der Waals surface area contributed by atoms with Crippen molar-refractivity contribution < 1.29 is 19.8 Å². The molecule has 1 atom stereocenters. The minimum absolute atomic E-state index is 0.0719. The number of anilines is 2. The molecule has 1 unspecified atom stereocenters. The number of benzene rings is 1. The maximum atomic E-state index is 10.8. The summed E-state index contributed by atoms with van der Waals surface area (Å²) in [5.41, 5.74) is 6.50. The van der Waals surface area contributed by atoms with Gasteiger partial charge in [-0.3, -0.25) is 0 Å². The summed E-state index contributed by atoms with van der Waals surface area (Å²) in [5.74, 6) is -2.05. The topological polar surface area (TPSA) is 104 Å². The summed E-state index contributed by atoms with van der Waals surface area (Å²) >= 11 is 0. The van der Waals surface area contributed by atoms with E-state index in [1.54, 1.807) is 7.05 Å². The normalized spacial score (nSPS) is 11.9. The van der Waals surface area contributed by atoms with Crippen LogP contribution in [0.5, 0.6) is 0 Å². The number of aliphatic carboxylic acids is 1. The van der Waals surface area contributed by atoms with Gasteiger partial charge in [0.2, 0.25) is 0 Å². The van der Waals surface area contributed by atoms with Crippen LogP contribution >= 0.6 is 0 Å². The zero-order valence-corrected chi connectivity index (χ0v) is 9.54. The molecular weight excluding hydrogens is 224 g/mol. The van der Waals surface area contributed by atoms with Gasteiger partial charge in [0, 0.05) is 7.05 Å². The monoisotopic (exact) mass is 238 g/mol. The Kier molecular flexibility index (Phi) is 3.57. The predicted molar refractivity (Wildman–Crippen MR) is 63.3 cm³/mol. The van der Waals surface area contributed by atoms with E-state index < -0.39 is 18.0 Å². The van der Waals surface area contributed by atoms with Crippen molar-refractivity contribution in [1.29, 1.82) is 0 Å². The second-order valence-electron chi connectivity index (χ2n) is 3.70. The molecule has 6 nitrogen and oxygen atoms in total. The van der Waals surface area contributed by atoms with Crippen LogP contribution in [0.3, 0.4) is 0 Å². The van der Waals surface area contributed by atoms with Gasteiger partial charge in [0.05, 0.1) is 16.9 Å². The number of likely N-dealkylation sites (N-methyl/N-ethyl adjacent to an activating group) is 1. The number of carboxylic acids is 2. The molecule has 0 spiro atoms. The van der Waals surface area contributed by atoms with Crippen molar-refractivity contribution in [2.45, 2.75) is 13.0 Å². The molecule has 0 saturated heterocycles. The van der Waals surface area contributed by atoms with Crippen molar-refractivity contribution >= 4 is 23.3 Å². The number of rotatable bonds is 4. The summed E-state index contributed by atoms with van der Waals surface area (Å²) < 4.78 is 0. The molecule has 0 fully saturated rings. The van der Waals surface area contributed by atoms with Crippen molar-refractivity contribution in [1.82, 2.24) is 0 Å². The fourth-order valence-electron chi connectivity index (χ4n) is 1.38. The van der Waals surface area contributed by atoms with Crippen molar-refractivity contribution in [2.24, 2.45) is 0 Å². The van der Waals surface area contributed by atoms with Crippen LogP contribution < -0.4 is 10.6 Å². The molecule has 0 aromatic heterocycles. The van der Waals surface area contributed by atoms with Gasteiger partial charge in [-0.2, -0.15) is 0 Å². The van der Waals surface area contributed by atoms with Crippen molar-refractivity contribution in [3.8, 4) is 0 Å². The van der Waals surface area contributed by atoms with Gasteiger partial charge in [0.15, 0.2) is 0 Å². The molecular formula is C11H14N2O4. The molecule has 1 aromatic rings. The number of nitrogens with zero attached hydrogens (tertiary/aromatic N) is 1. The predicted octanol–water partition coefficient (Wildman–Crippen LogP) is 0.876. The highest BCUT2D eigenvalue weighted by atomic mass is 16.4. The summed E-state index contributed by atoms with van der Waals surface area (Å²) in [4.78, 5) is 23.0. The van der Waals surface area contributed by atoms with E-state index in [2.05, 4.69) is 0 Å². The Bertz CT molecular complexity index is 459. The third kappa shape index (κ3) is 2.66. The average Bonchev–Trinajstić information content (AvgIpc) is 2.26. The van der Waals surface area contributed by atoms with Crippen LogP contribution in [-0.2, 0) is 4.79 Å². The lowest BCUT2D eigenvalue weighted by atomic mass is 10.1. The standard InChI is InChI=1S/C11H14N2O4/c1-6(10(14)15)13(2)9-4-3-7(11(16)17)5-8(9)12/h3-6H,12H2,1-2H3,(H,14,15)(H,16,17). The summed E-state index contributed by atoms with van der Waals surface area (Å²) in [6.45, 7) is 1.52. The van der Waals surface area contributed by atoms with E-state index in [4.69, 9.17) is 15.9 Å². The molecule has 0 amide bonds. The first-order chi connectivity index (χ1) is 7.84. The third-order valence-corrected chi connectivity index (χ3v) is 2.59. The lowest BCUT2D eigenvalue weighted by Gasteiger charge is -2.25. The number of carbonyl (C=O) groups is 2. The number of carboxylic acid groups (broad SMARTS) is 2. The summed E-state index contributed by atoms with van der Waals surface area (Å²) in [6, 6.07) is 3.45. The average molecular weight is 238 g/mol. The fourth-order valence-corrected chi connectivity index (χ4v) is 1.38. The first kappa shape index (κ1) is 12.8. The van der Waals surface area contributed by atoms with Gasteiger partial charge in [-0.25, -0.2) is 9.59 Å². The van der Waals surface area contributed by atoms with Crippen LogP contribution in [0.2, 0.25) is 0 Å². The highest BCUT2D eigenvalue weighted by molar-refractivity contribution is 5.91. The number of hydrogen-bond donors (Lipinski definition) is 3. The molecule has 1 rings (SSSR count). The van der Waals surface area contributed by atoms with Crippen molar-refractivity contribution in [3.63, 3.8) is 0 Å². The Morgan fingerprint density at radius 1 is 1.35 bits per heavy atom. The molecule has 6 heteroatoms. The lowest BCUT2D eigenvalue weighted by molar-refractivity contribution is -0.138. The van der Waals surface area contributed by atoms with Gasteiger partial charge in [-0.05, 0) is 25.1 Å². The maximum absolute atomic E-state index is 10.8. The molecule has 0 radical (unpaired) electrons. The molecule has 0 heterocycles. The van der Waals surface area contributed by atoms with E-state index in [1.807, 2.05) is 0 Å². The third-order valence-electron chi connectivity index (χ3n) is 2.59. The molecule has 0 bridgehead atoms. The van der Waals surface area contributed by atoms with Crippen molar-refractivity contribution in [2.75, 3.05) is 17.7 Å². The van der Waals surface area contributed by atoms with E-state index in [0.29, 0.717) is 5.69 Å². The van der Waals surface area contributed by atoms with Crippen LogP contribution in [0.1, 0.15) is 17.3 Å². The second kappa shape index (κ2) is 4.73. The minimum atomic E-state index is -1.07. The maximum Gasteiger partial charge on any atom is 0.335 e. The first-order valence-electron chi connectivity index (χ1n) is 4.93. The Morgan fingerprint density at radius 3 is 2.35 bits per heavy atom. The molecule has 0 aliphatic carbocycles. The Labute approximate surface area is 98.3 Å². The van der Waals surface area contributed by atoms with Crippen LogP contribution in [-0.4, -0.2) is 35.2 Å². The van der Waals surface area contributed by atoms with Crippen LogP contribution in [0.15, 0.2) is 18.2 Å². The number of hydrogen-bond acceptors (Lipinski definition) is 4. The van der Waals surface area contributed by atoms with Gasteiger partial charge in [0.25, 0.3) is 0 Å². The fraction of sp³-hybridized carbons (Fsp3) is 0.273. The molecule has 92 valence electrons. The van der Waals surface area contributed by atoms with E-state index >= 15 is 0 Å². The zero-order valence-electron chi connectivity index (χ0n) is 9.54. The lowest BCUT2D eigenvalue weighted by Crippen LogP contribution is -2.36. The van der Waals surface area contributed by atoms with Gasteiger partial charge in [-0.15, -0.1) is 0 Å². The number of nitrogens with two attached hydrogens (primary N) is 1. The first-order valence-corrected chi connectivity index (χ1v) is 4.93. The summed E-state index contributed by atoms with van der Waals surface area (Å²) in [5, 5.41) is 17.6. The molecule has 0 aliphatic rings. The summed E-state index contributed by atoms with van der Waals surface area (Å²) in [6.07, 6.45) is 0. The van der Waals surface area contributed by atoms with Gasteiger partial charge >= 0.3 is 11.9 Å². The van der Waals surface area contributed by atoms with Gasteiger partial charge in [-0.1, -0.05) is 0 Å². The van der Waals surface area contributed by atoms with Crippen LogP contribution in [0.4, 0.5) is 11.4 Å². The van der Waals surface area contributed by atoms with E-state index in [1.165, 1.54) is 30.0 Å². The Morgan fingerprint density at radius 2 is 1.94 bits per heavy atom. The Balaban J connectivity index is 3.08. The zero-order chi connectivity index (χ0) is 13.2. The highest BCUT2D eigenvalue weighted by Crippen LogP contribution is 2.25. The quantitative estimate of drug-likeness (QED) is 0.672.